The predicted octanol–water partition coefficient (Wildman–Crippen LogP) is 6.92. The molecule has 0 atom stereocenters. The van der Waals surface area contributed by atoms with Gasteiger partial charge in [-0.25, -0.2) is 4.98 Å². The molecule has 0 radical (unpaired) electrons. The van der Waals surface area contributed by atoms with Gasteiger partial charge >= 0.3 is 0 Å². The SMILES string of the molecule is COc1cc2ccccc2cc1C(=O)N(Cc1ccccc1)c1nc2c(C)c(C)ccc2s1. The molecule has 1 aromatic heterocycles. The lowest BCUT2D eigenvalue weighted by Gasteiger charge is -2.21. The Balaban J connectivity index is 1.65. The fourth-order valence-electron chi connectivity index (χ4n) is 4.02. The third-order valence-corrected chi connectivity index (χ3v) is 7.07. The zero-order valence-electron chi connectivity index (χ0n) is 18.8. The maximum Gasteiger partial charge on any atom is 0.264 e. The Morgan fingerprint density at radius 3 is 2.36 bits per heavy atom. The highest BCUT2D eigenvalue weighted by atomic mass is 32.1. The summed E-state index contributed by atoms with van der Waals surface area (Å²) in [5, 5.41) is 2.71. The predicted molar refractivity (Wildman–Crippen MR) is 137 cm³/mol. The lowest BCUT2D eigenvalue weighted by molar-refractivity contribution is 0.0982. The van der Waals surface area contributed by atoms with Crippen LogP contribution in [0.5, 0.6) is 5.75 Å². The number of carbonyl (C=O) groups excluding carboxylic acids is 1. The quantitative estimate of drug-likeness (QED) is 0.291. The maximum atomic E-state index is 14.0. The molecular weight excluding hydrogens is 428 g/mol. The summed E-state index contributed by atoms with van der Waals surface area (Å²) >= 11 is 1.54. The van der Waals surface area contributed by atoms with E-state index in [1.54, 1.807) is 23.3 Å². The zero-order chi connectivity index (χ0) is 22.9. The van der Waals surface area contributed by atoms with E-state index in [0.29, 0.717) is 23.0 Å². The van der Waals surface area contributed by atoms with Crippen molar-refractivity contribution in [3.63, 3.8) is 0 Å². The Hall–Kier alpha value is -3.70. The number of hydrogen-bond donors (Lipinski definition) is 0. The van der Waals surface area contributed by atoms with Crippen molar-refractivity contribution in [3.8, 4) is 5.75 Å². The smallest absolute Gasteiger partial charge is 0.264 e. The van der Waals surface area contributed by atoms with Gasteiger partial charge in [-0.15, -0.1) is 0 Å². The van der Waals surface area contributed by atoms with Gasteiger partial charge < -0.3 is 4.74 Å². The van der Waals surface area contributed by atoms with E-state index >= 15 is 0 Å². The molecule has 5 heteroatoms. The molecule has 0 aliphatic heterocycles. The van der Waals surface area contributed by atoms with Gasteiger partial charge in [0.2, 0.25) is 0 Å². The molecule has 0 aliphatic rings. The lowest BCUT2D eigenvalue weighted by atomic mass is 10.0. The monoisotopic (exact) mass is 452 g/mol. The molecule has 0 saturated heterocycles. The van der Waals surface area contributed by atoms with Crippen LogP contribution in [0.15, 0.2) is 78.9 Å². The van der Waals surface area contributed by atoms with Gasteiger partial charge in [-0.1, -0.05) is 72.0 Å². The average Bonchev–Trinajstić information content (AvgIpc) is 3.29. The maximum absolute atomic E-state index is 14.0. The van der Waals surface area contributed by atoms with Crippen LogP contribution in [0.3, 0.4) is 0 Å². The van der Waals surface area contributed by atoms with Crippen LogP contribution in [-0.4, -0.2) is 18.0 Å². The molecule has 0 N–H and O–H groups in total. The molecule has 0 spiro atoms. The number of thiazole rings is 1. The summed E-state index contributed by atoms with van der Waals surface area (Å²) in [5.74, 6) is 0.430. The molecule has 0 fully saturated rings. The van der Waals surface area contributed by atoms with Gasteiger partial charge in [0.05, 0.1) is 29.4 Å². The Morgan fingerprint density at radius 1 is 0.939 bits per heavy atom. The Bertz CT molecular complexity index is 1470. The summed E-state index contributed by atoms with van der Waals surface area (Å²) in [4.78, 5) is 20.7. The van der Waals surface area contributed by atoms with E-state index in [2.05, 4.69) is 26.0 Å². The van der Waals surface area contributed by atoms with E-state index in [4.69, 9.17) is 9.72 Å². The Labute approximate surface area is 197 Å². The largest absolute Gasteiger partial charge is 0.496 e. The van der Waals surface area contributed by atoms with Crippen molar-refractivity contribution in [1.82, 2.24) is 4.98 Å². The highest BCUT2D eigenvalue weighted by Crippen LogP contribution is 2.35. The normalized spacial score (nSPS) is 11.1. The van der Waals surface area contributed by atoms with E-state index in [1.807, 2.05) is 66.7 Å². The van der Waals surface area contributed by atoms with Crippen molar-refractivity contribution >= 4 is 43.4 Å². The number of methoxy groups -OCH3 is 1. The average molecular weight is 453 g/mol. The number of carbonyl (C=O) groups is 1. The van der Waals surface area contributed by atoms with Gasteiger partial charge in [-0.05, 0) is 59.5 Å². The molecule has 5 rings (SSSR count). The number of aryl methyl sites for hydroxylation is 2. The summed E-state index contributed by atoms with van der Waals surface area (Å²) in [5.41, 5.74) is 4.85. The number of amides is 1. The minimum absolute atomic E-state index is 0.130. The number of aromatic nitrogens is 1. The Kier molecular flexibility index (Phi) is 5.56. The van der Waals surface area contributed by atoms with Crippen molar-refractivity contribution in [2.24, 2.45) is 0 Å². The molecule has 5 aromatic rings. The first-order chi connectivity index (χ1) is 16.0. The molecule has 0 aliphatic carbocycles. The highest BCUT2D eigenvalue weighted by molar-refractivity contribution is 7.22. The van der Waals surface area contributed by atoms with Crippen LogP contribution in [0.2, 0.25) is 0 Å². The zero-order valence-corrected chi connectivity index (χ0v) is 19.6. The van der Waals surface area contributed by atoms with Crippen LogP contribution in [0.1, 0.15) is 27.0 Å². The van der Waals surface area contributed by atoms with E-state index in [0.717, 1.165) is 32.1 Å². The highest BCUT2D eigenvalue weighted by Gasteiger charge is 2.25. The molecule has 4 aromatic carbocycles. The number of nitrogens with zero attached hydrogens (tertiary/aromatic N) is 2. The molecular formula is C28H24N2O2S. The van der Waals surface area contributed by atoms with E-state index < -0.39 is 0 Å². The van der Waals surface area contributed by atoms with Crippen molar-refractivity contribution in [2.45, 2.75) is 20.4 Å². The molecule has 1 amide bonds. The second-order valence-electron chi connectivity index (χ2n) is 8.13. The second kappa shape index (κ2) is 8.68. The van der Waals surface area contributed by atoms with Gasteiger partial charge in [0.1, 0.15) is 5.75 Å². The standard InChI is InChI=1S/C28H24N2O2S/c1-18-13-14-25-26(19(18)2)29-28(33-25)30(17-20-9-5-4-6-10-20)27(31)23-15-21-11-7-8-12-22(21)16-24(23)32-3/h4-16H,17H2,1-3H3. The molecule has 164 valence electrons. The fourth-order valence-corrected chi connectivity index (χ4v) is 5.05. The first-order valence-corrected chi connectivity index (χ1v) is 11.7. The molecule has 0 unspecified atom stereocenters. The molecule has 33 heavy (non-hydrogen) atoms. The van der Waals surface area contributed by atoms with Crippen molar-refractivity contribution in [3.05, 3.63) is 101 Å². The van der Waals surface area contributed by atoms with Crippen LogP contribution in [0.4, 0.5) is 5.13 Å². The van der Waals surface area contributed by atoms with E-state index in [-0.39, 0.29) is 5.91 Å². The van der Waals surface area contributed by atoms with Crippen LogP contribution < -0.4 is 9.64 Å². The van der Waals surface area contributed by atoms with E-state index in [9.17, 15) is 4.79 Å². The fraction of sp³-hybridized carbons (Fsp3) is 0.143. The van der Waals surface area contributed by atoms with Crippen LogP contribution >= 0.6 is 11.3 Å². The Morgan fingerprint density at radius 2 is 1.64 bits per heavy atom. The van der Waals surface area contributed by atoms with Crippen molar-refractivity contribution < 1.29 is 9.53 Å². The summed E-state index contributed by atoms with van der Waals surface area (Å²) < 4.78 is 6.71. The lowest BCUT2D eigenvalue weighted by Crippen LogP contribution is -2.30. The van der Waals surface area contributed by atoms with Gasteiger partial charge in [-0.2, -0.15) is 0 Å². The number of hydrogen-bond acceptors (Lipinski definition) is 4. The van der Waals surface area contributed by atoms with Crippen LogP contribution in [-0.2, 0) is 6.54 Å². The number of ether oxygens (including phenoxy) is 1. The topological polar surface area (TPSA) is 42.4 Å². The minimum atomic E-state index is -0.130. The third-order valence-electron chi connectivity index (χ3n) is 6.03. The minimum Gasteiger partial charge on any atom is -0.496 e. The first kappa shape index (κ1) is 21.2. The van der Waals surface area contributed by atoms with Gasteiger partial charge in [0, 0.05) is 0 Å². The number of rotatable bonds is 5. The number of benzene rings is 4. The van der Waals surface area contributed by atoms with Gasteiger partial charge in [0.25, 0.3) is 5.91 Å². The summed E-state index contributed by atoms with van der Waals surface area (Å²) in [6.07, 6.45) is 0. The van der Waals surface area contributed by atoms with Crippen molar-refractivity contribution in [2.75, 3.05) is 12.0 Å². The third kappa shape index (κ3) is 3.96. The van der Waals surface area contributed by atoms with Gasteiger partial charge in [-0.3, -0.25) is 9.69 Å². The summed E-state index contributed by atoms with van der Waals surface area (Å²) in [6, 6.07) is 26.0. The van der Waals surface area contributed by atoms with Crippen LogP contribution in [0.25, 0.3) is 21.0 Å². The van der Waals surface area contributed by atoms with Gasteiger partial charge in [0.15, 0.2) is 5.13 Å². The number of fused-ring (bicyclic) bond motifs is 2. The van der Waals surface area contributed by atoms with E-state index in [1.165, 1.54) is 5.56 Å². The first-order valence-electron chi connectivity index (χ1n) is 10.8. The summed E-state index contributed by atoms with van der Waals surface area (Å²) in [6.45, 7) is 4.59. The molecule has 0 saturated carbocycles. The molecule has 1 heterocycles. The summed E-state index contributed by atoms with van der Waals surface area (Å²) in [7, 11) is 1.60. The van der Waals surface area contributed by atoms with Crippen molar-refractivity contribution in [1.29, 1.82) is 0 Å². The number of anilines is 1. The van der Waals surface area contributed by atoms with Crippen LogP contribution in [0, 0.1) is 13.8 Å². The molecule has 0 bridgehead atoms. The second-order valence-corrected chi connectivity index (χ2v) is 9.14. The molecule has 4 nitrogen and oxygen atoms in total.